The topological polar surface area (TPSA) is 169 Å². The van der Waals surface area contributed by atoms with Crippen LogP contribution in [0.4, 0.5) is 40.8 Å². The molecule has 6 heterocycles. The highest BCUT2D eigenvalue weighted by molar-refractivity contribution is 6.06. The van der Waals surface area contributed by atoms with E-state index < -0.39 is 41.4 Å². The molecular formula is C43H49F3N10O5. The van der Waals surface area contributed by atoms with Gasteiger partial charge >= 0.3 is 12.2 Å². The number of fused-ring (bicyclic) bond motifs is 1. The van der Waals surface area contributed by atoms with Crippen LogP contribution >= 0.6 is 0 Å². The van der Waals surface area contributed by atoms with Gasteiger partial charge in [-0.15, -0.1) is 0 Å². The van der Waals surface area contributed by atoms with Gasteiger partial charge in [-0.3, -0.25) is 29.5 Å². The molecule has 5 aliphatic heterocycles. The van der Waals surface area contributed by atoms with Gasteiger partial charge in [-0.2, -0.15) is 18.4 Å². The number of nitriles is 1. The zero-order valence-electron chi connectivity index (χ0n) is 34.1. The standard InChI is InChI=1S/C43H49F3N10O5/c1-26-24-55(27(2)23-54(26)32-5-3-29(21-47)35(20-32)43(44,45)46)42(61)49-30-4-9-37(48-22-30)53-13-11-28(12-14-53)25-51-15-17-52(18-16-51)31-6-7-33-34(19-31)41(60)56(40(33)59)36-8-10-38(57)50-39(36)58/h3-7,9,19-20,22,26-28,36,41,60H,8,10-18,23-25H2,1-2H3,(H,49,61)(H,50,57,58)/t26-,27+,36?,41?/m0/s1. The fourth-order valence-corrected chi connectivity index (χ4v) is 9.37. The number of nitrogens with zero attached hydrogens (tertiary/aromatic N) is 8. The number of alkyl halides is 3. The Morgan fingerprint density at radius 3 is 2.33 bits per heavy atom. The number of carbonyl (C=O) groups is 4. The molecule has 322 valence electrons. The second kappa shape index (κ2) is 16.8. The van der Waals surface area contributed by atoms with Gasteiger partial charge in [0.05, 0.1) is 29.1 Å². The van der Waals surface area contributed by atoms with Crippen LogP contribution in [0, 0.1) is 17.2 Å². The third kappa shape index (κ3) is 8.53. The molecule has 18 heteroatoms. The van der Waals surface area contributed by atoms with Crippen molar-refractivity contribution in [3.8, 4) is 6.07 Å². The van der Waals surface area contributed by atoms with E-state index in [1.807, 2.05) is 43.0 Å². The van der Waals surface area contributed by atoms with Gasteiger partial charge in [-0.25, -0.2) is 9.78 Å². The van der Waals surface area contributed by atoms with Crippen LogP contribution in [0.5, 0.6) is 0 Å². The summed E-state index contributed by atoms with van der Waals surface area (Å²) in [5.74, 6) is 0.0174. The molecule has 0 spiro atoms. The van der Waals surface area contributed by atoms with Gasteiger partial charge in [-0.1, -0.05) is 0 Å². The first-order chi connectivity index (χ1) is 29.2. The minimum Gasteiger partial charge on any atom is -0.369 e. The number of carbonyl (C=O) groups excluding carboxylic acids is 4. The Balaban J connectivity index is 0.780. The first kappa shape index (κ1) is 41.8. The summed E-state index contributed by atoms with van der Waals surface area (Å²) in [6, 6.07) is 12.8. The molecule has 1 aromatic heterocycles. The number of piperidine rings is 2. The molecule has 4 atom stereocenters. The lowest BCUT2D eigenvalue weighted by Crippen LogP contribution is -2.59. The average Bonchev–Trinajstić information content (AvgIpc) is 3.49. The third-order valence-corrected chi connectivity index (χ3v) is 12.8. The Morgan fingerprint density at radius 2 is 1.66 bits per heavy atom. The highest BCUT2D eigenvalue weighted by atomic mass is 19.4. The van der Waals surface area contributed by atoms with Gasteiger partial charge in [0.2, 0.25) is 11.8 Å². The third-order valence-electron chi connectivity index (χ3n) is 12.8. The van der Waals surface area contributed by atoms with Crippen molar-refractivity contribution in [2.45, 2.75) is 70.1 Å². The molecule has 5 amide bonds. The van der Waals surface area contributed by atoms with Crippen molar-refractivity contribution >= 4 is 46.6 Å². The fourth-order valence-electron chi connectivity index (χ4n) is 9.37. The Labute approximate surface area is 351 Å². The van der Waals surface area contributed by atoms with Crippen molar-refractivity contribution in [2.75, 3.05) is 78.9 Å². The van der Waals surface area contributed by atoms with Crippen molar-refractivity contribution < 1.29 is 37.5 Å². The molecule has 61 heavy (non-hydrogen) atoms. The lowest BCUT2D eigenvalue weighted by atomic mass is 9.96. The van der Waals surface area contributed by atoms with Crippen LogP contribution in [0.3, 0.4) is 0 Å². The molecule has 8 rings (SSSR count). The summed E-state index contributed by atoms with van der Waals surface area (Å²) >= 11 is 0. The zero-order valence-corrected chi connectivity index (χ0v) is 34.1. The number of benzene rings is 2. The van der Waals surface area contributed by atoms with Gasteiger partial charge in [0.15, 0.2) is 6.23 Å². The summed E-state index contributed by atoms with van der Waals surface area (Å²) in [6.07, 6.45) is -1.94. The number of hydrogen-bond acceptors (Lipinski definition) is 11. The highest BCUT2D eigenvalue weighted by Crippen LogP contribution is 2.38. The minimum atomic E-state index is -4.66. The number of anilines is 4. The van der Waals surface area contributed by atoms with Crippen LogP contribution in [-0.2, 0) is 15.8 Å². The van der Waals surface area contributed by atoms with E-state index in [-0.39, 0.29) is 36.9 Å². The molecule has 15 nitrogen and oxygen atoms in total. The first-order valence-corrected chi connectivity index (χ1v) is 20.8. The Morgan fingerprint density at radius 1 is 0.918 bits per heavy atom. The summed E-state index contributed by atoms with van der Waals surface area (Å²) in [5.41, 5.74) is 1.27. The van der Waals surface area contributed by atoms with Gasteiger partial charge in [0.1, 0.15) is 11.9 Å². The maximum absolute atomic E-state index is 13.6. The molecule has 0 bridgehead atoms. The van der Waals surface area contributed by atoms with E-state index in [4.69, 9.17) is 0 Å². The molecule has 0 saturated carbocycles. The van der Waals surface area contributed by atoms with Crippen LogP contribution in [-0.4, -0.2) is 126 Å². The molecule has 5 aliphatic rings. The summed E-state index contributed by atoms with van der Waals surface area (Å²) in [7, 11) is 0. The van der Waals surface area contributed by atoms with E-state index >= 15 is 0 Å². The maximum Gasteiger partial charge on any atom is 0.417 e. The number of hydrogen-bond donors (Lipinski definition) is 3. The predicted molar refractivity (Wildman–Crippen MR) is 220 cm³/mol. The van der Waals surface area contributed by atoms with Crippen LogP contribution < -0.4 is 25.3 Å². The van der Waals surface area contributed by atoms with Crippen molar-refractivity contribution in [1.82, 2.24) is 25.0 Å². The molecular weight excluding hydrogens is 794 g/mol. The Kier molecular flexibility index (Phi) is 11.5. The van der Waals surface area contributed by atoms with Crippen molar-refractivity contribution in [2.24, 2.45) is 5.92 Å². The van der Waals surface area contributed by atoms with E-state index in [0.29, 0.717) is 41.5 Å². The number of imide groups is 1. The SMILES string of the molecule is C[C@@H]1CN(c2ccc(C#N)c(C(F)(F)F)c2)[C@@H](C)CN1C(=O)Nc1ccc(N2CCC(CN3CCN(c4ccc5c(c4)C(O)N(C4CCC(=O)NC4=O)C5=O)CC3)CC2)nc1. The highest BCUT2D eigenvalue weighted by Gasteiger charge is 2.45. The maximum atomic E-state index is 13.6. The molecule has 4 saturated heterocycles. The summed E-state index contributed by atoms with van der Waals surface area (Å²) in [6.45, 7) is 10.4. The predicted octanol–water partition coefficient (Wildman–Crippen LogP) is 4.39. The van der Waals surface area contributed by atoms with Crippen LogP contribution in [0.15, 0.2) is 54.7 Å². The lowest BCUT2D eigenvalue weighted by molar-refractivity contribution is -0.140. The average molecular weight is 843 g/mol. The van der Waals surface area contributed by atoms with Gasteiger partial charge in [-0.05, 0) is 87.6 Å². The Hall–Kier alpha value is -5.93. The number of rotatable bonds is 7. The van der Waals surface area contributed by atoms with Gasteiger partial charge in [0.25, 0.3) is 5.91 Å². The summed E-state index contributed by atoms with van der Waals surface area (Å²) in [5, 5.41) is 25.5. The molecule has 0 aliphatic carbocycles. The van der Waals surface area contributed by atoms with Crippen LogP contribution in [0.2, 0.25) is 0 Å². The van der Waals surface area contributed by atoms with Gasteiger partial charge in [0, 0.05) is 99.9 Å². The number of aliphatic hydroxyl groups is 1. The lowest BCUT2D eigenvalue weighted by Gasteiger charge is -2.45. The molecule has 3 N–H and O–H groups in total. The fraction of sp³-hybridized carbons (Fsp3) is 0.488. The number of aliphatic hydroxyl groups excluding tert-OH is 1. The Bertz CT molecular complexity index is 2220. The molecule has 2 unspecified atom stereocenters. The number of urea groups is 1. The van der Waals surface area contributed by atoms with Crippen LogP contribution in [0.25, 0.3) is 0 Å². The number of piperazine rings is 2. The van der Waals surface area contributed by atoms with Crippen LogP contribution in [0.1, 0.15) is 72.8 Å². The monoisotopic (exact) mass is 842 g/mol. The van der Waals surface area contributed by atoms with E-state index in [1.54, 1.807) is 23.2 Å². The summed E-state index contributed by atoms with van der Waals surface area (Å²) in [4.78, 5) is 67.0. The first-order valence-electron chi connectivity index (χ1n) is 20.8. The summed E-state index contributed by atoms with van der Waals surface area (Å²) < 4.78 is 40.9. The molecule has 3 aromatic rings. The molecule has 4 fully saturated rings. The van der Waals surface area contributed by atoms with Gasteiger partial charge < -0.3 is 30.0 Å². The van der Waals surface area contributed by atoms with Crippen molar-refractivity contribution in [3.05, 3.63) is 77.0 Å². The normalized spacial score (nSPS) is 24.1. The van der Waals surface area contributed by atoms with E-state index in [0.717, 1.165) is 76.2 Å². The largest absolute Gasteiger partial charge is 0.417 e. The number of pyridine rings is 1. The number of amides is 5. The van der Waals surface area contributed by atoms with E-state index in [2.05, 4.69) is 30.3 Å². The zero-order chi connectivity index (χ0) is 43.2. The second-order valence-corrected chi connectivity index (χ2v) is 16.7. The number of nitrogens with one attached hydrogen (secondary N) is 2. The minimum absolute atomic E-state index is 0.115. The smallest absolute Gasteiger partial charge is 0.369 e. The molecule has 0 radical (unpaired) electrons. The van der Waals surface area contributed by atoms with Crippen molar-refractivity contribution in [1.29, 1.82) is 5.26 Å². The quantitative estimate of drug-likeness (QED) is 0.289. The van der Waals surface area contributed by atoms with Crippen molar-refractivity contribution in [3.63, 3.8) is 0 Å². The molecule has 2 aromatic carbocycles. The van der Waals surface area contributed by atoms with E-state index in [1.165, 1.54) is 17.0 Å². The second-order valence-electron chi connectivity index (χ2n) is 16.7. The number of aromatic nitrogens is 1. The van der Waals surface area contributed by atoms with E-state index in [9.17, 15) is 42.7 Å². The number of halogens is 3.